The summed E-state index contributed by atoms with van der Waals surface area (Å²) in [7, 11) is 0. The highest BCUT2D eigenvalue weighted by Gasteiger charge is 2.47. The number of oxime groups is 1. The van der Waals surface area contributed by atoms with Crippen molar-refractivity contribution in [3.05, 3.63) is 22.4 Å². The zero-order chi connectivity index (χ0) is 17.2. The van der Waals surface area contributed by atoms with Crippen LogP contribution in [0.15, 0.2) is 22.7 Å². The van der Waals surface area contributed by atoms with Gasteiger partial charge >= 0.3 is 0 Å². The Hall–Kier alpha value is -1.89. The summed E-state index contributed by atoms with van der Waals surface area (Å²) >= 11 is 1.59. The lowest BCUT2D eigenvalue weighted by molar-refractivity contribution is -0.130. The van der Waals surface area contributed by atoms with Gasteiger partial charge in [-0.05, 0) is 17.4 Å². The maximum atomic E-state index is 12.4. The first-order chi connectivity index (χ1) is 11.5. The van der Waals surface area contributed by atoms with Crippen molar-refractivity contribution in [2.75, 3.05) is 19.6 Å². The molecule has 1 spiro atoms. The van der Waals surface area contributed by atoms with E-state index in [-0.39, 0.29) is 11.8 Å². The van der Waals surface area contributed by atoms with Gasteiger partial charge in [0.2, 0.25) is 5.91 Å². The van der Waals surface area contributed by atoms with E-state index < -0.39 is 5.60 Å². The van der Waals surface area contributed by atoms with Gasteiger partial charge in [-0.1, -0.05) is 25.1 Å². The summed E-state index contributed by atoms with van der Waals surface area (Å²) < 4.78 is 0. The molecular formula is C17H23N3O3S. The second-order valence-corrected chi connectivity index (χ2v) is 7.95. The van der Waals surface area contributed by atoms with Crippen molar-refractivity contribution in [1.82, 2.24) is 10.2 Å². The summed E-state index contributed by atoms with van der Waals surface area (Å²) in [6.45, 7) is 5.87. The van der Waals surface area contributed by atoms with Crippen LogP contribution in [0.3, 0.4) is 0 Å². The van der Waals surface area contributed by atoms with Crippen LogP contribution in [0.1, 0.15) is 31.6 Å². The first-order valence-corrected chi connectivity index (χ1v) is 9.19. The van der Waals surface area contributed by atoms with Crippen LogP contribution in [0.5, 0.6) is 0 Å². The molecule has 3 heterocycles. The van der Waals surface area contributed by atoms with Gasteiger partial charge in [-0.3, -0.25) is 9.59 Å². The molecule has 1 atom stereocenters. The average molecular weight is 349 g/mol. The number of carbonyl (C=O) groups excluding carboxylic acids is 2. The minimum atomic E-state index is -0.518. The molecule has 1 N–H and O–H groups in total. The predicted octanol–water partition coefficient (Wildman–Crippen LogP) is 1.81. The number of thiophene rings is 1. The number of likely N-dealkylation sites (tertiary alicyclic amines) is 1. The number of nitrogens with zero attached hydrogens (tertiary/aromatic N) is 2. The van der Waals surface area contributed by atoms with E-state index in [0.717, 1.165) is 4.88 Å². The Balaban J connectivity index is 1.52. The molecule has 130 valence electrons. The van der Waals surface area contributed by atoms with Crippen LogP contribution < -0.4 is 5.32 Å². The standard InChI is InChI=1S/C17H23N3O3S/c1-12(2)10-18-16(22)14-9-17(23-19-14)5-6-20(11-17)15(21)8-13-4-3-7-24-13/h3-4,7,12H,5-6,8-11H2,1-2H3,(H,18,22). The third kappa shape index (κ3) is 3.77. The first-order valence-electron chi connectivity index (χ1n) is 8.31. The highest BCUT2D eigenvalue weighted by Crippen LogP contribution is 2.34. The van der Waals surface area contributed by atoms with Crippen LogP contribution in [0.2, 0.25) is 0 Å². The van der Waals surface area contributed by atoms with Gasteiger partial charge in [0.15, 0.2) is 5.60 Å². The van der Waals surface area contributed by atoms with Gasteiger partial charge in [-0.2, -0.15) is 0 Å². The fraction of sp³-hybridized carbons (Fsp3) is 0.588. The van der Waals surface area contributed by atoms with Crippen molar-refractivity contribution < 1.29 is 14.4 Å². The lowest BCUT2D eigenvalue weighted by Crippen LogP contribution is -2.39. The quantitative estimate of drug-likeness (QED) is 0.881. The molecule has 1 aromatic heterocycles. The third-order valence-corrected chi connectivity index (χ3v) is 5.22. The molecule has 1 unspecified atom stereocenters. The van der Waals surface area contributed by atoms with E-state index in [2.05, 4.69) is 10.5 Å². The van der Waals surface area contributed by atoms with Crippen LogP contribution in [0.25, 0.3) is 0 Å². The van der Waals surface area contributed by atoms with E-state index in [9.17, 15) is 9.59 Å². The summed E-state index contributed by atoms with van der Waals surface area (Å²) in [4.78, 5) is 33.0. The fourth-order valence-electron chi connectivity index (χ4n) is 2.99. The van der Waals surface area contributed by atoms with E-state index >= 15 is 0 Å². The number of nitrogens with one attached hydrogen (secondary N) is 1. The summed E-state index contributed by atoms with van der Waals surface area (Å²) in [5.41, 5.74) is -0.0847. The number of hydrogen-bond acceptors (Lipinski definition) is 5. The van der Waals surface area contributed by atoms with Crippen molar-refractivity contribution in [1.29, 1.82) is 0 Å². The summed E-state index contributed by atoms with van der Waals surface area (Å²) in [5, 5.41) is 8.83. The number of amides is 2. The Labute approximate surface area is 145 Å². The summed E-state index contributed by atoms with van der Waals surface area (Å²) in [6, 6.07) is 3.93. The summed E-state index contributed by atoms with van der Waals surface area (Å²) in [5.74, 6) is 0.335. The normalized spacial score (nSPS) is 22.8. The zero-order valence-electron chi connectivity index (χ0n) is 14.1. The maximum Gasteiger partial charge on any atom is 0.269 e. The molecule has 0 aromatic carbocycles. The molecule has 2 amide bonds. The second-order valence-electron chi connectivity index (χ2n) is 6.91. The Morgan fingerprint density at radius 2 is 2.33 bits per heavy atom. The molecule has 0 bridgehead atoms. The van der Waals surface area contributed by atoms with E-state index in [4.69, 9.17) is 4.84 Å². The van der Waals surface area contributed by atoms with Gasteiger partial charge in [0.1, 0.15) is 5.71 Å². The van der Waals surface area contributed by atoms with Crippen molar-refractivity contribution in [2.24, 2.45) is 11.1 Å². The molecule has 7 heteroatoms. The first kappa shape index (κ1) is 17.0. The molecule has 0 saturated carbocycles. The molecular weight excluding hydrogens is 326 g/mol. The van der Waals surface area contributed by atoms with Crippen LogP contribution in [0, 0.1) is 5.92 Å². The third-order valence-electron chi connectivity index (χ3n) is 4.35. The Morgan fingerprint density at radius 3 is 3.04 bits per heavy atom. The van der Waals surface area contributed by atoms with Crippen molar-refractivity contribution in [2.45, 2.75) is 38.7 Å². The molecule has 2 aliphatic heterocycles. The zero-order valence-corrected chi connectivity index (χ0v) is 14.9. The molecule has 1 saturated heterocycles. The lowest BCUT2D eigenvalue weighted by atomic mass is 9.96. The highest BCUT2D eigenvalue weighted by molar-refractivity contribution is 7.10. The summed E-state index contributed by atoms with van der Waals surface area (Å²) in [6.07, 6.45) is 1.61. The molecule has 1 fully saturated rings. The van der Waals surface area contributed by atoms with Crippen molar-refractivity contribution in [3.8, 4) is 0 Å². The topological polar surface area (TPSA) is 71.0 Å². The Morgan fingerprint density at radius 1 is 1.50 bits per heavy atom. The van der Waals surface area contributed by atoms with Gasteiger partial charge in [0.25, 0.3) is 5.91 Å². The molecule has 0 aliphatic carbocycles. The average Bonchev–Trinajstić information content (AvgIpc) is 3.27. The predicted molar refractivity (Wildman–Crippen MR) is 92.9 cm³/mol. The second kappa shape index (κ2) is 6.93. The van der Waals surface area contributed by atoms with E-state index in [1.807, 2.05) is 36.3 Å². The fourth-order valence-corrected chi connectivity index (χ4v) is 3.69. The number of carbonyl (C=O) groups is 2. The monoisotopic (exact) mass is 349 g/mol. The van der Waals surface area contributed by atoms with E-state index in [0.29, 0.717) is 50.5 Å². The van der Waals surface area contributed by atoms with Gasteiger partial charge in [0, 0.05) is 30.8 Å². The van der Waals surface area contributed by atoms with Gasteiger partial charge in [-0.25, -0.2) is 0 Å². The number of rotatable bonds is 5. The van der Waals surface area contributed by atoms with Gasteiger partial charge in [-0.15, -0.1) is 11.3 Å². The minimum Gasteiger partial charge on any atom is -0.386 e. The molecule has 0 radical (unpaired) electrons. The Bertz CT molecular complexity index is 642. The molecule has 1 aromatic rings. The van der Waals surface area contributed by atoms with Crippen molar-refractivity contribution >= 4 is 28.9 Å². The maximum absolute atomic E-state index is 12.4. The molecule has 2 aliphatic rings. The van der Waals surface area contributed by atoms with Gasteiger partial charge < -0.3 is 15.1 Å². The largest absolute Gasteiger partial charge is 0.386 e. The van der Waals surface area contributed by atoms with Crippen LogP contribution in [0.4, 0.5) is 0 Å². The van der Waals surface area contributed by atoms with E-state index in [1.54, 1.807) is 11.3 Å². The SMILES string of the molecule is CC(C)CNC(=O)C1=NOC2(CCN(C(=O)Cc3cccs3)C2)C1. The smallest absolute Gasteiger partial charge is 0.269 e. The van der Waals surface area contributed by atoms with Gasteiger partial charge in [0.05, 0.1) is 13.0 Å². The Kier molecular flexibility index (Phi) is 4.89. The molecule has 24 heavy (non-hydrogen) atoms. The van der Waals surface area contributed by atoms with E-state index in [1.165, 1.54) is 0 Å². The minimum absolute atomic E-state index is 0.107. The van der Waals surface area contributed by atoms with Crippen LogP contribution in [-0.2, 0) is 20.8 Å². The van der Waals surface area contributed by atoms with Crippen LogP contribution in [-0.4, -0.2) is 47.7 Å². The lowest BCUT2D eigenvalue weighted by Gasteiger charge is -2.21. The molecule has 3 rings (SSSR count). The van der Waals surface area contributed by atoms with Crippen molar-refractivity contribution in [3.63, 3.8) is 0 Å². The molecule has 6 nitrogen and oxygen atoms in total. The van der Waals surface area contributed by atoms with Crippen LogP contribution >= 0.6 is 11.3 Å². The highest BCUT2D eigenvalue weighted by atomic mass is 32.1. The number of hydrogen-bond donors (Lipinski definition) is 1.